The van der Waals surface area contributed by atoms with E-state index in [1.807, 2.05) is 0 Å². The zero-order valence-electron chi connectivity index (χ0n) is 12.7. The van der Waals surface area contributed by atoms with Crippen molar-refractivity contribution in [2.24, 2.45) is 5.10 Å². The smallest absolute Gasteiger partial charge is 0.417 e. The number of benzene rings is 1. The van der Waals surface area contributed by atoms with Crippen LogP contribution in [0.2, 0.25) is 5.02 Å². The Kier molecular flexibility index (Phi) is 5.50. The van der Waals surface area contributed by atoms with Crippen LogP contribution < -0.4 is 14.9 Å². The minimum Gasteiger partial charge on any atom is -0.497 e. The molecule has 0 fully saturated rings. The molecule has 1 heterocycles. The van der Waals surface area contributed by atoms with E-state index >= 15 is 0 Å². The fourth-order valence-corrected chi connectivity index (χ4v) is 1.97. The van der Waals surface area contributed by atoms with E-state index in [1.165, 1.54) is 20.4 Å². The molecule has 0 radical (unpaired) electrons. The average Bonchev–Trinajstić information content (AvgIpc) is 2.55. The number of hydrogen-bond donors (Lipinski definition) is 1. The highest BCUT2D eigenvalue weighted by Crippen LogP contribution is 2.32. The molecule has 1 N–H and O–H groups in total. The zero-order chi connectivity index (χ0) is 17.7. The summed E-state index contributed by atoms with van der Waals surface area (Å²) in [6.07, 6.45) is -2.40. The summed E-state index contributed by atoms with van der Waals surface area (Å²) in [5, 5.41) is 3.71. The molecule has 0 saturated carbocycles. The number of hydrazone groups is 1. The molecule has 0 aliphatic carbocycles. The van der Waals surface area contributed by atoms with Gasteiger partial charge < -0.3 is 9.47 Å². The molecule has 0 bridgehead atoms. The van der Waals surface area contributed by atoms with Crippen LogP contribution in [0.5, 0.6) is 11.5 Å². The number of aromatic nitrogens is 1. The molecule has 24 heavy (non-hydrogen) atoms. The Morgan fingerprint density at radius 1 is 1.21 bits per heavy atom. The Hall–Kier alpha value is -2.48. The molecule has 1 aromatic carbocycles. The predicted octanol–water partition coefficient (Wildman–Crippen LogP) is 4.22. The zero-order valence-corrected chi connectivity index (χ0v) is 13.4. The van der Waals surface area contributed by atoms with Gasteiger partial charge in [-0.3, -0.25) is 5.43 Å². The van der Waals surface area contributed by atoms with Gasteiger partial charge in [0.15, 0.2) is 5.82 Å². The van der Waals surface area contributed by atoms with Gasteiger partial charge in [0.1, 0.15) is 11.5 Å². The summed E-state index contributed by atoms with van der Waals surface area (Å²) in [6.45, 7) is 0. The third-order valence-corrected chi connectivity index (χ3v) is 3.27. The van der Waals surface area contributed by atoms with E-state index in [0.29, 0.717) is 23.3 Å². The summed E-state index contributed by atoms with van der Waals surface area (Å²) in [7, 11) is 3.02. The molecule has 0 unspecified atom stereocenters. The lowest BCUT2D eigenvalue weighted by Gasteiger charge is -2.09. The van der Waals surface area contributed by atoms with Crippen molar-refractivity contribution in [1.82, 2.24) is 4.98 Å². The Labute approximate surface area is 141 Å². The first-order chi connectivity index (χ1) is 11.3. The second kappa shape index (κ2) is 7.39. The van der Waals surface area contributed by atoms with Crippen molar-refractivity contribution in [2.75, 3.05) is 19.6 Å². The topological polar surface area (TPSA) is 55.7 Å². The van der Waals surface area contributed by atoms with E-state index in [2.05, 4.69) is 15.5 Å². The van der Waals surface area contributed by atoms with Crippen molar-refractivity contribution < 1.29 is 22.6 Å². The number of nitrogens with zero attached hydrogens (tertiary/aromatic N) is 2. The van der Waals surface area contributed by atoms with Crippen molar-refractivity contribution >= 4 is 23.6 Å². The molecule has 128 valence electrons. The van der Waals surface area contributed by atoms with Crippen LogP contribution in [0.15, 0.2) is 35.6 Å². The van der Waals surface area contributed by atoms with E-state index in [9.17, 15) is 13.2 Å². The molecular weight excluding hydrogens is 347 g/mol. The molecule has 2 rings (SSSR count). The summed E-state index contributed by atoms with van der Waals surface area (Å²) in [5.41, 5.74) is 2.19. The van der Waals surface area contributed by atoms with Crippen molar-refractivity contribution in [3.63, 3.8) is 0 Å². The molecule has 0 aliphatic heterocycles. The predicted molar refractivity (Wildman–Crippen MR) is 85.0 cm³/mol. The number of hydrogen-bond acceptors (Lipinski definition) is 5. The summed E-state index contributed by atoms with van der Waals surface area (Å²) in [6, 6.07) is 5.88. The molecule has 1 aromatic heterocycles. The Balaban J connectivity index is 2.15. The molecule has 0 spiro atoms. The first-order valence-corrected chi connectivity index (χ1v) is 6.96. The largest absolute Gasteiger partial charge is 0.497 e. The van der Waals surface area contributed by atoms with Crippen molar-refractivity contribution in [2.45, 2.75) is 6.18 Å². The number of alkyl halides is 3. The molecule has 9 heteroatoms. The lowest BCUT2D eigenvalue weighted by Crippen LogP contribution is -2.06. The number of pyridine rings is 1. The highest BCUT2D eigenvalue weighted by atomic mass is 35.5. The highest BCUT2D eigenvalue weighted by Gasteiger charge is 2.31. The SMILES string of the molecule is COc1ccc(/C=N/Nc2ncc(C(F)(F)F)cc2Cl)c(OC)c1. The van der Waals surface area contributed by atoms with Crippen LogP contribution in [0.3, 0.4) is 0 Å². The minimum atomic E-state index is -4.51. The molecule has 0 saturated heterocycles. The van der Waals surface area contributed by atoms with E-state index in [0.717, 1.165) is 6.07 Å². The van der Waals surface area contributed by atoms with Gasteiger partial charge in [0.2, 0.25) is 0 Å². The van der Waals surface area contributed by atoms with Crippen molar-refractivity contribution in [3.05, 3.63) is 46.6 Å². The Morgan fingerprint density at radius 3 is 2.54 bits per heavy atom. The quantitative estimate of drug-likeness (QED) is 0.641. The van der Waals surface area contributed by atoms with Crippen LogP contribution in [0.1, 0.15) is 11.1 Å². The first kappa shape index (κ1) is 17.9. The number of ether oxygens (including phenoxy) is 2. The fraction of sp³-hybridized carbons (Fsp3) is 0.200. The van der Waals surface area contributed by atoms with E-state index in [-0.39, 0.29) is 10.8 Å². The number of halogens is 4. The standard InChI is InChI=1S/C15H13ClF3N3O2/c1-23-11-4-3-9(13(6-11)24-2)7-21-22-14-12(16)5-10(8-20-14)15(17,18)19/h3-8H,1-2H3,(H,20,22)/b21-7+. The van der Waals surface area contributed by atoms with Gasteiger partial charge in [-0.05, 0) is 18.2 Å². The molecule has 0 atom stereocenters. The molecule has 0 aliphatic rings. The van der Waals surface area contributed by atoms with Crippen LogP contribution in [0, 0.1) is 0 Å². The molecule has 2 aromatic rings. The van der Waals surface area contributed by atoms with Crippen molar-refractivity contribution in [1.29, 1.82) is 0 Å². The maximum Gasteiger partial charge on any atom is 0.417 e. The van der Waals surface area contributed by atoms with E-state index in [4.69, 9.17) is 21.1 Å². The minimum absolute atomic E-state index is 0.00777. The fourth-order valence-electron chi connectivity index (χ4n) is 1.76. The number of anilines is 1. The third kappa shape index (κ3) is 4.29. The molecule has 0 amide bonds. The van der Waals surface area contributed by atoms with E-state index in [1.54, 1.807) is 18.2 Å². The van der Waals surface area contributed by atoms with Gasteiger partial charge in [0.05, 0.1) is 31.0 Å². The normalized spacial score (nSPS) is 11.6. The number of rotatable bonds is 5. The Bertz CT molecular complexity index is 751. The van der Waals surface area contributed by atoms with Crippen LogP contribution in [0.4, 0.5) is 19.0 Å². The summed E-state index contributed by atoms with van der Waals surface area (Å²) >= 11 is 5.78. The van der Waals surface area contributed by atoms with Crippen LogP contribution in [0.25, 0.3) is 0 Å². The van der Waals surface area contributed by atoms with Gasteiger partial charge >= 0.3 is 6.18 Å². The first-order valence-electron chi connectivity index (χ1n) is 6.59. The average molecular weight is 360 g/mol. The van der Waals surface area contributed by atoms with Gasteiger partial charge in [-0.2, -0.15) is 18.3 Å². The van der Waals surface area contributed by atoms with Crippen LogP contribution in [-0.4, -0.2) is 25.4 Å². The van der Waals surface area contributed by atoms with Gasteiger partial charge in [-0.25, -0.2) is 4.98 Å². The maximum absolute atomic E-state index is 12.5. The van der Waals surface area contributed by atoms with Gasteiger partial charge in [0.25, 0.3) is 0 Å². The number of nitrogens with one attached hydrogen (secondary N) is 1. The lowest BCUT2D eigenvalue weighted by atomic mass is 10.2. The summed E-state index contributed by atoms with van der Waals surface area (Å²) in [4.78, 5) is 3.62. The molecular formula is C15H13ClF3N3O2. The second-order valence-electron chi connectivity index (χ2n) is 4.53. The number of methoxy groups -OCH3 is 2. The summed E-state index contributed by atoms with van der Waals surface area (Å²) < 4.78 is 47.9. The Morgan fingerprint density at radius 2 is 1.96 bits per heavy atom. The third-order valence-electron chi connectivity index (χ3n) is 2.98. The lowest BCUT2D eigenvalue weighted by molar-refractivity contribution is -0.137. The van der Waals surface area contributed by atoms with Gasteiger partial charge in [-0.15, -0.1) is 0 Å². The molecule has 5 nitrogen and oxygen atoms in total. The van der Waals surface area contributed by atoms with Crippen LogP contribution in [-0.2, 0) is 6.18 Å². The highest BCUT2D eigenvalue weighted by molar-refractivity contribution is 6.32. The van der Waals surface area contributed by atoms with Crippen LogP contribution >= 0.6 is 11.6 Å². The van der Waals surface area contributed by atoms with Crippen molar-refractivity contribution in [3.8, 4) is 11.5 Å². The second-order valence-corrected chi connectivity index (χ2v) is 4.94. The van der Waals surface area contributed by atoms with E-state index < -0.39 is 11.7 Å². The maximum atomic E-state index is 12.5. The van der Waals surface area contributed by atoms with Gasteiger partial charge in [-0.1, -0.05) is 11.6 Å². The summed E-state index contributed by atoms with van der Waals surface area (Å²) in [5.74, 6) is 1.14. The monoisotopic (exact) mass is 359 g/mol. The van der Waals surface area contributed by atoms with Gasteiger partial charge in [0, 0.05) is 17.8 Å².